The minimum atomic E-state index is -0.352. The van der Waals surface area contributed by atoms with E-state index in [0.29, 0.717) is 26.3 Å². The van der Waals surface area contributed by atoms with Crippen LogP contribution in [0.3, 0.4) is 0 Å². The quantitative estimate of drug-likeness (QED) is 0.860. The zero-order valence-corrected chi connectivity index (χ0v) is 14.1. The maximum atomic E-state index is 12.2. The van der Waals surface area contributed by atoms with Crippen molar-refractivity contribution < 1.29 is 14.3 Å². The van der Waals surface area contributed by atoms with Crippen molar-refractivity contribution in [3.8, 4) is 0 Å². The van der Waals surface area contributed by atoms with Crippen molar-refractivity contribution in [2.75, 3.05) is 39.9 Å². The monoisotopic (exact) mass is 341 g/mol. The van der Waals surface area contributed by atoms with E-state index in [4.69, 9.17) is 10.5 Å². The van der Waals surface area contributed by atoms with Crippen LogP contribution in [0.15, 0.2) is 30.3 Å². The Bertz CT molecular complexity index is 507. The molecule has 2 amide bonds. The zero-order valence-electron chi connectivity index (χ0n) is 13.3. The molecule has 0 aromatic heterocycles. The molecule has 1 fully saturated rings. The Morgan fingerprint density at radius 3 is 2.48 bits per heavy atom. The van der Waals surface area contributed by atoms with Gasteiger partial charge in [0.1, 0.15) is 0 Å². The first-order valence-electron chi connectivity index (χ1n) is 7.48. The van der Waals surface area contributed by atoms with Crippen molar-refractivity contribution >= 4 is 24.2 Å². The molecule has 0 saturated carbocycles. The number of likely N-dealkylation sites (N-methyl/N-ethyl adjacent to an activating group) is 1. The lowest BCUT2D eigenvalue weighted by Gasteiger charge is -2.29. The second-order valence-corrected chi connectivity index (χ2v) is 5.46. The van der Waals surface area contributed by atoms with Crippen LogP contribution >= 0.6 is 12.4 Å². The van der Waals surface area contributed by atoms with Gasteiger partial charge in [0.15, 0.2) is 0 Å². The van der Waals surface area contributed by atoms with Gasteiger partial charge in [-0.1, -0.05) is 30.3 Å². The van der Waals surface area contributed by atoms with Crippen LogP contribution < -0.4 is 5.73 Å². The molecule has 1 unspecified atom stereocenters. The maximum Gasteiger partial charge on any atom is 0.242 e. The van der Waals surface area contributed by atoms with Gasteiger partial charge in [-0.2, -0.15) is 0 Å². The molecule has 2 N–H and O–H groups in total. The Morgan fingerprint density at radius 1 is 1.26 bits per heavy atom. The Morgan fingerprint density at radius 2 is 1.87 bits per heavy atom. The van der Waals surface area contributed by atoms with Crippen LogP contribution in [0, 0.1) is 0 Å². The van der Waals surface area contributed by atoms with E-state index in [1.54, 1.807) is 11.9 Å². The highest BCUT2D eigenvalue weighted by Crippen LogP contribution is 2.14. The minimum absolute atomic E-state index is 0. The van der Waals surface area contributed by atoms with E-state index in [2.05, 4.69) is 0 Å². The third-order valence-electron chi connectivity index (χ3n) is 3.78. The fourth-order valence-electron chi connectivity index (χ4n) is 2.37. The summed E-state index contributed by atoms with van der Waals surface area (Å²) in [5.41, 5.74) is 6.97. The highest BCUT2D eigenvalue weighted by Gasteiger charge is 2.21. The van der Waals surface area contributed by atoms with Crippen LogP contribution in [0.5, 0.6) is 0 Å². The lowest BCUT2D eigenvalue weighted by atomic mass is 10.0. The number of benzene rings is 1. The molecule has 6 nitrogen and oxygen atoms in total. The minimum Gasteiger partial charge on any atom is -0.378 e. The van der Waals surface area contributed by atoms with Crippen LogP contribution in [0.25, 0.3) is 0 Å². The Labute approximate surface area is 143 Å². The van der Waals surface area contributed by atoms with E-state index in [1.807, 2.05) is 30.3 Å². The van der Waals surface area contributed by atoms with E-state index >= 15 is 0 Å². The van der Waals surface area contributed by atoms with Crippen molar-refractivity contribution in [1.82, 2.24) is 9.80 Å². The topological polar surface area (TPSA) is 75.9 Å². The molecule has 23 heavy (non-hydrogen) atoms. The van der Waals surface area contributed by atoms with Crippen LogP contribution in [-0.2, 0) is 14.3 Å². The van der Waals surface area contributed by atoms with E-state index in [-0.39, 0.29) is 43.2 Å². The first kappa shape index (κ1) is 19.4. The first-order valence-corrected chi connectivity index (χ1v) is 7.48. The van der Waals surface area contributed by atoms with Gasteiger partial charge in [-0.15, -0.1) is 12.4 Å². The fourth-order valence-corrected chi connectivity index (χ4v) is 2.37. The third kappa shape index (κ3) is 5.82. The van der Waals surface area contributed by atoms with E-state index in [0.717, 1.165) is 5.56 Å². The molecule has 1 aromatic rings. The van der Waals surface area contributed by atoms with Gasteiger partial charge in [-0.05, 0) is 5.56 Å². The smallest absolute Gasteiger partial charge is 0.242 e. The standard InChI is InChI=1S/C16H23N3O3.ClH/c1-18(12-16(21)19-7-9-22-10-8-19)15(20)11-14(17)13-5-3-2-4-6-13;/h2-6,14H,7-12,17H2,1H3;1H. The van der Waals surface area contributed by atoms with Crippen LogP contribution in [-0.4, -0.2) is 61.5 Å². The number of nitrogens with zero attached hydrogens (tertiary/aromatic N) is 2. The molecule has 1 heterocycles. The molecule has 1 aromatic carbocycles. The number of halogens is 1. The Hall–Kier alpha value is -1.63. The lowest BCUT2D eigenvalue weighted by molar-refractivity contribution is -0.142. The summed E-state index contributed by atoms with van der Waals surface area (Å²) >= 11 is 0. The number of hydrogen-bond donors (Lipinski definition) is 1. The number of nitrogens with two attached hydrogens (primary N) is 1. The fraction of sp³-hybridized carbons (Fsp3) is 0.500. The molecular formula is C16H24ClN3O3. The number of carbonyl (C=O) groups is 2. The molecule has 1 aliphatic heterocycles. The van der Waals surface area contributed by atoms with Gasteiger partial charge < -0.3 is 20.3 Å². The molecule has 1 atom stereocenters. The predicted octanol–water partition coefficient (Wildman–Crippen LogP) is 0.816. The Kier molecular flexibility index (Phi) is 8.02. The largest absolute Gasteiger partial charge is 0.378 e. The normalized spacial score (nSPS) is 15.5. The number of rotatable bonds is 5. The van der Waals surface area contributed by atoms with Gasteiger partial charge in [0.25, 0.3) is 0 Å². The number of hydrogen-bond acceptors (Lipinski definition) is 4. The van der Waals surface area contributed by atoms with Crippen molar-refractivity contribution in [1.29, 1.82) is 0 Å². The van der Waals surface area contributed by atoms with Crippen LogP contribution in [0.4, 0.5) is 0 Å². The molecule has 2 rings (SSSR count). The average Bonchev–Trinajstić information content (AvgIpc) is 2.56. The molecule has 1 saturated heterocycles. The molecule has 0 radical (unpaired) electrons. The SMILES string of the molecule is CN(CC(=O)N1CCOCC1)C(=O)CC(N)c1ccccc1.Cl. The zero-order chi connectivity index (χ0) is 15.9. The lowest BCUT2D eigenvalue weighted by Crippen LogP contribution is -2.46. The summed E-state index contributed by atoms with van der Waals surface area (Å²) in [6.07, 6.45) is 0.191. The highest BCUT2D eigenvalue weighted by atomic mass is 35.5. The van der Waals surface area contributed by atoms with Crippen LogP contribution in [0.2, 0.25) is 0 Å². The average molecular weight is 342 g/mol. The van der Waals surface area contributed by atoms with Crippen molar-refractivity contribution in [3.63, 3.8) is 0 Å². The molecular weight excluding hydrogens is 318 g/mol. The van der Waals surface area contributed by atoms with E-state index < -0.39 is 0 Å². The Balaban J connectivity index is 0.00000264. The van der Waals surface area contributed by atoms with E-state index in [9.17, 15) is 9.59 Å². The summed E-state index contributed by atoms with van der Waals surface area (Å²) < 4.78 is 5.21. The summed E-state index contributed by atoms with van der Waals surface area (Å²) in [7, 11) is 1.64. The molecule has 1 aliphatic rings. The first-order chi connectivity index (χ1) is 10.6. The van der Waals surface area contributed by atoms with Crippen LogP contribution in [0.1, 0.15) is 18.0 Å². The summed E-state index contributed by atoms with van der Waals surface area (Å²) in [6, 6.07) is 9.14. The van der Waals surface area contributed by atoms with Gasteiger partial charge in [0, 0.05) is 32.6 Å². The van der Waals surface area contributed by atoms with Gasteiger partial charge in [-0.25, -0.2) is 0 Å². The highest BCUT2D eigenvalue weighted by molar-refractivity contribution is 5.85. The molecule has 0 spiro atoms. The van der Waals surface area contributed by atoms with Gasteiger partial charge in [0.05, 0.1) is 19.8 Å². The van der Waals surface area contributed by atoms with E-state index in [1.165, 1.54) is 4.90 Å². The number of amides is 2. The predicted molar refractivity (Wildman–Crippen MR) is 90.3 cm³/mol. The molecule has 7 heteroatoms. The molecule has 0 bridgehead atoms. The van der Waals surface area contributed by atoms with Crippen molar-refractivity contribution in [3.05, 3.63) is 35.9 Å². The number of carbonyl (C=O) groups excluding carboxylic acids is 2. The number of ether oxygens (including phenoxy) is 1. The summed E-state index contributed by atoms with van der Waals surface area (Å²) in [5, 5.41) is 0. The van der Waals surface area contributed by atoms with Crippen molar-refractivity contribution in [2.24, 2.45) is 5.73 Å². The summed E-state index contributed by atoms with van der Waals surface area (Å²) in [6.45, 7) is 2.37. The third-order valence-corrected chi connectivity index (χ3v) is 3.78. The maximum absolute atomic E-state index is 12.2. The van der Waals surface area contributed by atoms with Gasteiger partial charge in [0.2, 0.25) is 11.8 Å². The van der Waals surface area contributed by atoms with Gasteiger partial charge in [-0.3, -0.25) is 9.59 Å². The summed E-state index contributed by atoms with van der Waals surface area (Å²) in [4.78, 5) is 27.5. The van der Waals surface area contributed by atoms with Gasteiger partial charge >= 0.3 is 0 Å². The second-order valence-electron chi connectivity index (χ2n) is 5.46. The molecule has 0 aliphatic carbocycles. The molecule has 128 valence electrons. The number of morpholine rings is 1. The second kappa shape index (κ2) is 9.50. The van der Waals surface area contributed by atoms with Crippen molar-refractivity contribution in [2.45, 2.75) is 12.5 Å². The summed E-state index contributed by atoms with van der Waals surface area (Å²) in [5.74, 6) is -0.176.